The van der Waals surface area contributed by atoms with E-state index >= 15 is 0 Å². The number of carbonyl (C=O) groups excluding carboxylic acids is 1. The maximum absolute atomic E-state index is 12.3. The lowest BCUT2D eigenvalue weighted by Crippen LogP contribution is -2.12. The summed E-state index contributed by atoms with van der Waals surface area (Å²) in [5, 5.41) is 2.88. The molecular formula is C20H25NO3. The molecule has 4 heteroatoms. The lowest BCUT2D eigenvalue weighted by atomic mass is 10.2. The summed E-state index contributed by atoms with van der Waals surface area (Å²) in [5.74, 6) is 1.83. The maximum Gasteiger partial charge on any atom is 0.255 e. The van der Waals surface area contributed by atoms with Crippen molar-refractivity contribution in [2.75, 3.05) is 18.5 Å². The highest BCUT2D eigenvalue weighted by atomic mass is 16.5. The molecule has 0 unspecified atom stereocenters. The summed E-state index contributed by atoms with van der Waals surface area (Å²) < 4.78 is 11.2. The van der Waals surface area contributed by atoms with Crippen LogP contribution in [0.4, 0.5) is 5.69 Å². The number of amides is 1. The van der Waals surface area contributed by atoms with Gasteiger partial charge >= 0.3 is 0 Å². The van der Waals surface area contributed by atoms with Crippen molar-refractivity contribution in [1.82, 2.24) is 0 Å². The Kier molecular flexibility index (Phi) is 6.67. The smallest absolute Gasteiger partial charge is 0.255 e. The van der Waals surface area contributed by atoms with Crippen molar-refractivity contribution in [1.29, 1.82) is 0 Å². The molecule has 1 amide bonds. The predicted octanol–water partition coefficient (Wildman–Crippen LogP) is 4.76. The molecule has 2 rings (SSSR count). The quantitative estimate of drug-likeness (QED) is 0.760. The van der Waals surface area contributed by atoms with Gasteiger partial charge in [0.25, 0.3) is 5.91 Å². The van der Waals surface area contributed by atoms with Crippen molar-refractivity contribution in [3.8, 4) is 11.5 Å². The Morgan fingerprint density at radius 2 is 1.79 bits per heavy atom. The van der Waals surface area contributed by atoms with E-state index in [0.29, 0.717) is 30.4 Å². The summed E-state index contributed by atoms with van der Waals surface area (Å²) in [5.41, 5.74) is 1.31. The Labute approximate surface area is 143 Å². The first kappa shape index (κ1) is 17.9. The minimum Gasteiger partial charge on any atom is -0.494 e. The fourth-order valence-corrected chi connectivity index (χ4v) is 2.05. The highest BCUT2D eigenvalue weighted by Gasteiger charge is 2.07. The molecule has 0 aliphatic heterocycles. The van der Waals surface area contributed by atoms with E-state index in [0.717, 1.165) is 17.9 Å². The zero-order chi connectivity index (χ0) is 17.4. The van der Waals surface area contributed by atoms with Gasteiger partial charge in [0.1, 0.15) is 11.5 Å². The second kappa shape index (κ2) is 8.96. The number of carbonyl (C=O) groups is 1. The molecule has 0 aromatic heterocycles. The van der Waals surface area contributed by atoms with Crippen molar-refractivity contribution in [3.05, 3.63) is 54.1 Å². The Morgan fingerprint density at radius 1 is 1.04 bits per heavy atom. The summed E-state index contributed by atoms with van der Waals surface area (Å²) >= 11 is 0. The minimum absolute atomic E-state index is 0.159. The molecule has 0 bridgehead atoms. The molecule has 1 N–H and O–H groups in total. The minimum atomic E-state index is -0.159. The molecule has 0 fully saturated rings. The van der Waals surface area contributed by atoms with Crippen LogP contribution in [0.25, 0.3) is 0 Å². The molecule has 128 valence electrons. The highest BCUT2D eigenvalue weighted by Crippen LogP contribution is 2.19. The van der Waals surface area contributed by atoms with E-state index in [2.05, 4.69) is 19.2 Å². The molecule has 2 aromatic rings. The van der Waals surface area contributed by atoms with Gasteiger partial charge in [0.15, 0.2) is 0 Å². The lowest BCUT2D eigenvalue weighted by molar-refractivity contribution is 0.102. The Balaban J connectivity index is 1.96. The maximum atomic E-state index is 12.3. The van der Waals surface area contributed by atoms with Gasteiger partial charge in [-0.25, -0.2) is 0 Å². The first-order valence-corrected chi connectivity index (χ1v) is 8.35. The summed E-state index contributed by atoms with van der Waals surface area (Å²) in [6.07, 6.45) is 0.932. The third-order valence-electron chi connectivity index (χ3n) is 3.26. The van der Waals surface area contributed by atoms with Gasteiger partial charge < -0.3 is 14.8 Å². The van der Waals surface area contributed by atoms with E-state index in [1.807, 2.05) is 43.3 Å². The van der Waals surface area contributed by atoms with Crippen LogP contribution in [0.15, 0.2) is 48.5 Å². The fourth-order valence-electron chi connectivity index (χ4n) is 2.05. The summed E-state index contributed by atoms with van der Waals surface area (Å²) in [6, 6.07) is 14.6. The standard InChI is InChI=1S/C20H25NO3/c1-4-12-23-19-7-5-6-16(13-19)20(22)21-17-8-10-18(11-9-17)24-14-15(2)3/h5-11,13,15H,4,12,14H2,1-3H3,(H,21,22). The van der Waals surface area contributed by atoms with E-state index in [1.165, 1.54) is 0 Å². The molecule has 0 saturated carbocycles. The van der Waals surface area contributed by atoms with Gasteiger partial charge in [0.05, 0.1) is 13.2 Å². The molecule has 4 nitrogen and oxygen atoms in total. The van der Waals surface area contributed by atoms with E-state index in [-0.39, 0.29) is 5.91 Å². The normalized spacial score (nSPS) is 10.5. The molecule has 0 aliphatic carbocycles. The Hall–Kier alpha value is -2.49. The number of benzene rings is 2. The monoisotopic (exact) mass is 327 g/mol. The van der Waals surface area contributed by atoms with Crippen molar-refractivity contribution in [2.45, 2.75) is 27.2 Å². The van der Waals surface area contributed by atoms with Crippen LogP contribution in [-0.2, 0) is 0 Å². The SMILES string of the molecule is CCCOc1cccc(C(=O)Nc2ccc(OCC(C)C)cc2)c1. The van der Waals surface area contributed by atoms with Gasteiger partial charge in [-0.15, -0.1) is 0 Å². The number of rotatable bonds is 8. The molecule has 2 aromatic carbocycles. The summed E-state index contributed by atoms with van der Waals surface area (Å²) in [6.45, 7) is 7.57. The second-order valence-electron chi connectivity index (χ2n) is 6.06. The van der Waals surface area contributed by atoms with Crippen LogP contribution in [-0.4, -0.2) is 19.1 Å². The number of ether oxygens (including phenoxy) is 2. The third kappa shape index (κ3) is 5.61. The van der Waals surface area contributed by atoms with E-state index in [1.54, 1.807) is 12.1 Å². The van der Waals surface area contributed by atoms with Gasteiger partial charge in [0, 0.05) is 11.3 Å². The molecular weight excluding hydrogens is 302 g/mol. The molecule has 0 radical (unpaired) electrons. The van der Waals surface area contributed by atoms with Crippen LogP contribution in [0.1, 0.15) is 37.6 Å². The summed E-state index contributed by atoms with van der Waals surface area (Å²) in [7, 11) is 0. The zero-order valence-corrected chi connectivity index (χ0v) is 14.5. The van der Waals surface area contributed by atoms with Crippen molar-refractivity contribution in [2.24, 2.45) is 5.92 Å². The van der Waals surface area contributed by atoms with Gasteiger partial charge in [0.2, 0.25) is 0 Å². The van der Waals surface area contributed by atoms with E-state index in [9.17, 15) is 4.79 Å². The second-order valence-corrected chi connectivity index (χ2v) is 6.06. The highest BCUT2D eigenvalue weighted by molar-refractivity contribution is 6.04. The largest absolute Gasteiger partial charge is 0.494 e. The fraction of sp³-hybridized carbons (Fsp3) is 0.350. The Bertz CT molecular complexity index is 650. The topological polar surface area (TPSA) is 47.6 Å². The summed E-state index contributed by atoms with van der Waals surface area (Å²) in [4.78, 5) is 12.3. The van der Waals surface area contributed by atoms with Crippen LogP contribution in [0, 0.1) is 5.92 Å². The van der Waals surface area contributed by atoms with Crippen LogP contribution in [0.3, 0.4) is 0 Å². The first-order valence-electron chi connectivity index (χ1n) is 8.35. The molecule has 0 spiro atoms. The number of anilines is 1. The average molecular weight is 327 g/mol. The Morgan fingerprint density at radius 3 is 2.46 bits per heavy atom. The van der Waals surface area contributed by atoms with Crippen molar-refractivity contribution < 1.29 is 14.3 Å². The van der Waals surface area contributed by atoms with E-state index < -0.39 is 0 Å². The number of hydrogen-bond donors (Lipinski definition) is 1. The average Bonchev–Trinajstić information content (AvgIpc) is 2.59. The molecule has 0 atom stereocenters. The molecule has 0 aliphatic rings. The van der Waals surface area contributed by atoms with Gasteiger partial charge in [-0.3, -0.25) is 4.79 Å². The molecule has 24 heavy (non-hydrogen) atoms. The van der Waals surface area contributed by atoms with Gasteiger partial charge in [-0.05, 0) is 54.8 Å². The molecule has 0 heterocycles. The van der Waals surface area contributed by atoms with Gasteiger partial charge in [-0.2, -0.15) is 0 Å². The van der Waals surface area contributed by atoms with Crippen molar-refractivity contribution >= 4 is 11.6 Å². The van der Waals surface area contributed by atoms with Crippen LogP contribution in [0.2, 0.25) is 0 Å². The predicted molar refractivity (Wildman–Crippen MR) is 97.0 cm³/mol. The third-order valence-corrected chi connectivity index (χ3v) is 3.26. The lowest BCUT2D eigenvalue weighted by Gasteiger charge is -2.10. The van der Waals surface area contributed by atoms with Crippen LogP contribution in [0.5, 0.6) is 11.5 Å². The zero-order valence-electron chi connectivity index (χ0n) is 14.5. The van der Waals surface area contributed by atoms with Gasteiger partial charge in [-0.1, -0.05) is 26.8 Å². The van der Waals surface area contributed by atoms with Crippen LogP contribution >= 0.6 is 0 Å². The number of hydrogen-bond acceptors (Lipinski definition) is 3. The first-order chi connectivity index (χ1) is 11.6. The van der Waals surface area contributed by atoms with E-state index in [4.69, 9.17) is 9.47 Å². The molecule has 0 saturated heterocycles. The van der Waals surface area contributed by atoms with Crippen molar-refractivity contribution in [3.63, 3.8) is 0 Å². The van der Waals surface area contributed by atoms with Crippen LogP contribution < -0.4 is 14.8 Å². The number of nitrogens with one attached hydrogen (secondary N) is 1.